The molecule has 1 N–H and O–H groups in total. The molecule has 0 aliphatic carbocycles. The number of benzene rings is 1. The second kappa shape index (κ2) is 6.30. The van der Waals surface area contributed by atoms with Crippen molar-refractivity contribution >= 4 is 34.0 Å². The Hall–Kier alpha value is -1.82. The molecule has 1 aromatic carbocycles. The Bertz CT molecular complexity index is 656. The number of nitro benzene ring substituents is 1. The fraction of sp³-hybridized carbons (Fsp3) is 0.400. The molecule has 1 aromatic heterocycles. The summed E-state index contributed by atoms with van der Waals surface area (Å²) in [6.45, 7) is 0.907. The molecule has 110 valence electrons. The van der Waals surface area contributed by atoms with E-state index in [4.69, 9.17) is 0 Å². The summed E-state index contributed by atoms with van der Waals surface area (Å²) in [5, 5.41) is 15.1. The number of rotatable bonds is 4. The number of hydrogen-bond acceptors (Lipinski definition) is 5. The largest absolute Gasteiger partial charge is 0.383 e. The van der Waals surface area contributed by atoms with Crippen LogP contribution in [0.4, 0.5) is 11.4 Å². The molecule has 1 aliphatic rings. The minimum Gasteiger partial charge on any atom is -0.383 e. The average molecular weight is 303 g/mol. The van der Waals surface area contributed by atoms with Crippen LogP contribution < -0.4 is 5.32 Å². The van der Waals surface area contributed by atoms with Crippen LogP contribution >= 0.6 is 11.8 Å². The molecule has 2 heterocycles. The average Bonchev–Trinajstić information content (AvgIpc) is 2.53. The van der Waals surface area contributed by atoms with E-state index in [1.807, 2.05) is 11.8 Å². The lowest BCUT2D eigenvalue weighted by molar-refractivity contribution is -0.383. The third kappa shape index (κ3) is 3.10. The number of fused-ring (bicyclic) bond motifs is 1. The van der Waals surface area contributed by atoms with Crippen LogP contribution in [-0.2, 0) is 0 Å². The summed E-state index contributed by atoms with van der Waals surface area (Å²) in [5.41, 5.74) is 1.67. The number of pyridine rings is 1. The second-order valence-electron chi connectivity index (χ2n) is 5.23. The van der Waals surface area contributed by atoms with E-state index in [9.17, 15) is 10.1 Å². The van der Waals surface area contributed by atoms with Crippen molar-refractivity contribution in [2.75, 3.05) is 23.4 Å². The van der Waals surface area contributed by atoms with Crippen LogP contribution in [0.25, 0.3) is 10.9 Å². The summed E-state index contributed by atoms with van der Waals surface area (Å²) in [4.78, 5) is 15.0. The van der Waals surface area contributed by atoms with E-state index < -0.39 is 0 Å². The highest BCUT2D eigenvalue weighted by Gasteiger charge is 2.17. The molecule has 0 bridgehead atoms. The third-order valence-electron chi connectivity index (χ3n) is 3.87. The number of aromatic nitrogens is 1. The molecule has 6 heteroatoms. The summed E-state index contributed by atoms with van der Waals surface area (Å²) in [5.74, 6) is 3.14. The van der Waals surface area contributed by atoms with Crippen molar-refractivity contribution in [3.05, 3.63) is 40.6 Å². The van der Waals surface area contributed by atoms with Gasteiger partial charge in [-0.2, -0.15) is 11.8 Å². The van der Waals surface area contributed by atoms with Crippen LogP contribution in [0, 0.1) is 16.0 Å². The van der Waals surface area contributed by atoms with Crippen molar-refractivity contribution in [1.29, 1.82) is 0 Å². The Kier molecular flexibility index (Phi) is 4.24. The molecule has 0 amide bonds. The topological polar surface area (TPSA) is 68.1 Å². The fourth-order valence-electron chi connectivity index (χ4n) is 2.66. The van der Waals surface area contributed by atoms with Gasteiger partial charge in [0.05, 0.1) is 16.0 Å². The van der Waals surface area contributed by atoms with Gasteiger partial charge >= 0.3 is 0 Å². The molecular formula is C15H17N3O2S. The van der Waals surface area contributed by atoms with Gasteiger partial charge in [0.15, 0.2) is 0 Å². The molecule has 0 saturated carbocycles. The summed E-state index contributed by atoms with van der Waals surface area (Å²) < 4.78 is 0. The van der Waals surface area contributed by atoms with Gasteiger partial charge in [-0.25, -0.2) is 0 Å². The second-order valence-corrected chi connectivity index (χ2v) is 6.45. The number of nitrogens with one attached hydrogen (secondary N) is 1. The first-order valence-corrected chi connectivity index (χ1v) is 8.25. The molecule has 1 saturated heterocycles. The van der Waals surface area contributed by atoms with Crippen LogP contribution in [0.3, 0.4) is 0 Å². The molecule has 21 heavy (non-hydrogen) atoms. The van der Waals surface area contributed by atoms with Crippen molar-refractivity contribution in [2.24, 2.45) is 5.92 Å². The smallest absolute Gasteiger partial charge is 0.278 e. The van der Waals surface area contributed by atoms with E-state index in [-0.39, 0.29) is 10.6 Å². The Labute approximate surface area is 127 Å². The highest BCUT2D eigenvalue weighted by Crippen LogP contribution is 2.30. The molecule has 0 unspecified atom stereocenters. The monoisotopic (exact) mass is 303 g/mol. The lowest BCUT2D eigenvalue weighted by Crippen LogP contribution is -2.19. The highest BCUT2D eigenvalue weighted by atomic mass is 32.2. The van der Waals surface area contributed by atoms with Gasteiger partial charge in [-0.1, -0.05) is 0 Å². The standard InChI is InChI=1S/C15H17N3O2S/c19-18(20)14-4-3-13(15-12(14)2-1-7-16-15)17-10-11-5-8-21-9-6-11/h1-4,7,11,17H,5-6,8-10H2. The van der Waals surface area contributed by atoms with Gasteiger partial charge in [0.25, 0.3) is 5.69 Å². The van der Waals surface area contributed by atoms with Crippen molar-refractivity contribution in [1.82, 2.24) is 4.98 Å². The van der Waals surface area contributed by atoms with Crippen molar-refractivity contribution in [3.63, 3.8) is 0 Å². The molecule has 2 aromatic rings. The molecule has 5 nitrogen and oxygen atoms in total. The Morgan fingerprint density at radius 1 is 1.33 bits per heavy atom. The van der Waals surface area contributed by atoms with Crippen molar-refractivity contribution < 1.29 is 4.92 Å². The zero-order chi connectivity index (χ0) is 14.7. The quantitative estimate of drug-likeness (QED) is 0.689. The van der Waals surface area contributed by atoms with Gasteiger partial charge in [-0.3, -0.25) is 15.1 Å². The van der Waals surface area contributed by atoms with Gasteiger partial charge in [-0.05, 0) is 48.5 Å². The Balaban J connectivity index is 1.85. The van der Waals surface area contributed by atoms with E-state index in [0.717, 1.165) is 12.2 Å². The SMILES string of the molecule is O=[N+]([O-])c1ccc(NCC2CCSCC2)c2ncccc12. The minimum atomic E-state index is -0.355. The summed E-state index contributed by atoms with van der Waals surface area (Å²) in [6.07, 6.45) is 4.14. The van der Waals surface area contributed by atoms with Gasteiger partial charge in [0.2, 0.25) is 0 Å². The number of nitrogens with zero attached hydrogens (tertiary/aromatic N) is 2. The van der Waals surface area contributed by atoms with Gasteiger partial charge in [0, 0.05) is 18.8 Å². The number of thioether (sulfide) groups is 1. The number of hydrogen-bond donors (Lipinski definition) is 1. The Morgan fingerprint density at radius 2 is 2.14 bits per heavy atom. The number of nitro groups is 1. The van der Waals surface area contributed by atoms with E-state index in [2.05, 4.69) is 10.3 Å². The zero-order valence-corrected chi connectivity index (χ0v) is 12.4. The first-order valence-electron chi connectivity index (χ1n) is 7.09. The normalized spacial score (nSPS) is 16.0. The maximum Gasteiger partial charge on any atom is 0.278 e. The highest BCUT2D eigenvalue weighted by molar-refractivity contribution is 7.99. The third-order valence-corrected chi connectivity index (χ3v) is 4.91. The summed E-state index contributed by atoms with van der Waals surface area (Å²) in [6, 6.07) is 6.81. The molecule has 0 radical (unpaired) electrons. The van der Waals surface area contributed by atoms with Crippen LogP contribution in [0.1, 0.15) is 12.8 Å². The van der Waals surface area contributed by atoms with Crippen LogP contribution in [0.5, 0.6) is 0 Å². The van der Waals surface area contributed by atoms with Gasteiger partial charge < -0.3 is 5.32 Å². The molecule has 3 rings (SSSR count). The molecule has 0 atom stereocenters. The van der Waals surface area contributed by atoms with Gasteiger partial charge in [0.1, 0.15) is 5.52 Å². The maximum absolute atomic E-state index is 11.1. The fourth-order valence-corrected chi connectivity index (χ4v) is 3.87. The number of anilines is 1. The van der Waals surface area contributed by atoms with Crippen LogP contribution in [0.2, 0.25) is 0 Å². The molecule has 1 fully saturated rings. The lowest BCUT2D eigenvalue weighted by atomic mass is 10.0. The number of non-ortho nitro benzene ring substituents is 1. The van der Waals surface area contributed by atoms with Gasteiger partial charge in [-0.15, -0.1) is 0 Å². The van der Waals surface area contributed by atoms with E-state index in [0.29, 0.717) is 16.8 Å². The summed E-state index contributed by atoms with van der Waals surface area (Å²) >= 11 is 2.01. The predicted octanol–water partition coefficient (Wildman–Crippen LogP) is 3.70. The van der Waals surface area contributed by atoms with Crippen molar-refractivity contribution in [3.8, 4) is 0 Å². The first-order chi connectivity index (χ1) is 10.3. The molecular weight excluding hydrogens is 286 g/mol. The summed E-state index contributed by atoms with van der Waals surface area (Å²) in [7, 11) is 0. The lowest BCUT2D eigenvalue weighted by Gasteiger charge is -2.22. The first kappa shape index (κ1) is 14.1. The van der Waals surface area contributed by atoms with E-state index >= 15 is 0 Å². The van der Waals surface area contributed by atoms with Crippen molar-refractivity contribution in [2.45, 2.75) is 12.8 Å². The maximum atomic E-state index is 11.1. The predicted molar refractivity (Wildman–Crippen MR) is 86.9 cm³/mol. The van der Waals surface area contributed by atoms with Crippen LogP contribution in [0.15, 0.2) is 30.5 Å². The van der Waals surface area contributed by atoms with E-state index in [1.165, 1.54) is 24.3 Å². The molecule has 1 aliphatic heterocycles. The minimum absolute atomic E-state index is 0.109. The Morgan fingerprint density at radius 3 is 2.90 bits per heavy atom. The van der Waals surface area contributed by atoms with E-state index in [1.54, 1.807) is 30.5 Å². The zero-order valence-electron chi connectivity index (χ0n) is 11.6. The van der Waals surface area contributed by atoms with Crippen LogP contribution in [-0.4, -0.2) is 28.0 Å². The molecule has 0 spiro atoms.